The number of esters is 1. The van der Waals surface area contributed by atoms with Crippen LogP contribution >= 0.6 is 11.3 Å². The van der Waals surface area contributed by atoms with Gasteiger partial charge >= 0.3 is 5.97 Å². The summed E-state index contributed by atoms with van der Waals surface area (Å²) in [7, 11) is 1.69. The Morgan fingerprint density at radius 2 is 2.11 bits per heavy atom. The number of pyridine rings is 1. The van der Waals surface area contributed by atoms with Crippen molar-refractivity contribution < 1.29 is 19.2 Å². The molecule has 11 heteroatoms. The van der Waals surface area contributed by atoms with Crippen LogP contribution in [0, 0.1) is 10.1 Å². The number of likely N-dealkylation sites (tertiary alicyclic amines) is 1. The minimum absolute atomic E-state index is 0.0299. The Labute approximate surface area is 219 Å². The highest BCUT2D eigenvalue weighted by Gasteiger charge is 2.27. The van der Waals surface area contributed by atoms with Crippen LogP contribution in [0.4, 0.5) is 11.5 Å². The molecule has 1 unspecified atom stereocenters. The second-order valence-electron chi connectivity index (χ2n) is 8.89. The van der Waals surface area contributed by atoms with Gasteiger partial charge in [-0.25, -0.2) is 9.78 Å². The van der Waals surface area contributed by atoms with Crippen LogP contribution in [0.25, 0.3) is 10.6 Å². The van der Waals surface area contributed by atoms with Crippen LogP contribution in [-0.2, 0) is 16.0 Å². The van der Waals surface area contributed by atoms with E-state index < -0.39 is 12.0 Å². The van der Waals surface area contributed by atoms with E-state index in [1.54, 1.807) is 38.6 Å². The number of nitro benzene ring substituents is 1. The number of nitrogens with one attached hydrogen (secondary N) is 1. The maximum Gasteiger partial charge on any atom is 0.352 e. The molecule has 1 fully saturated rings. The minimum Gasteiger partial charge on any atom is -0.462 e. The number of anilines is 1. The summed E-state index contributed by atoms with van der Waals surface area (Å²) in [5.74, 6) is -0.156. The zero-order valence-corrected chi connectivity index (χ0v) is 22.0. The van der Waals surface area contributed by atoms with Crippen LogP contribution in [0.2, 0.25) is 0 Å². The lowest BCUT2D eigenvalue weighted by Gasteiger charge is -2.24. The van der Waals surface area contributed by atoms with E-state index in [1.165, 1.54) is 11.3 Å². The number of benzene rings is 1. The summed E-state index contributed by atoms with van der Waals surface area (Å²) in [6.45, 7) is 6.01. The van der Waals surface area contributed by atoms with Crippen LogP contribution in [0.5, 0.6) is 0 Å². The Hall–Kier alpha value is -3.41. The molecule has 0 spiro atoms. The predicted molar refractivity (Wildman–Crippen MR) is 142 cm³/mol. The topological polar surface area (TPSA) is 120 Å². The first-order valence-electron chi connectivity index (χ1n) is 12.3. The summed E-state index contributed by atoms with van der Waals surface area (Å²) in [6, 6.07) is 8.81. The first kappa shape index (κ1) is 26.6. The summed E-state index contributed by atoms with van der Waals surface area (Å²) in [5.41, 5.74) is 2.24. The summed E-state index contributed by atoms with van der Waals surface area (Å²) in [4.78, 5) is 35.6. The van der Waals surface area contributed by atoms with Gasteiger partial charge in [0.2, 0.25) is 0 Å². The Morgan fingerprint density at radius 3 is 2.81 bits per heavy atom. The number of carbonyl (C=O) groups excluding carboxylic acids is 1. The fourth-order valence-corrected chi connectivity index (χ4v) is 5.51. The van der Waals surface area contributed by atoms with Crippen LogP contribution in [0.1, 0.15) is 53.5 Å². The molecular formula is C26H31N5O5S. The van der Waals surface area contributed by atoms with Crippen molar-refractivity contribution in [1.29, 1.82) is 0 Å². The molecule has 1 aromatic carbocycles. The summed E-state index contributed by atoms with van der Waals surface area (Å²) in [6.07, 6.45) is 5.46. The largest absolute Gasteiger partial charge is 0.462 e. The zero-order chi connectivity index (χ0) is 26.4. The van der Waals surface area contributed by atoms with E-state index in [-0.39, 0.29) is 17.2 Å². The van der Waals surface area contributed by atoms with Gasteiger partial charge in [-0.1, -0.05) is 6.07 Å². The monoisotopic (exact) mass is 525 g/mol. The SMILES string of the molecule is CCOC(=O)c1sc(-c2ccncc2)nc1NC(C)c1ccc(CN2CCC[C@@H]2COC)cc1[N+](=O)[O-]. The lowest BCUT2D eigenvalue weighted by atomic mass is 10.0. The van der Waals surface area contributed by atoms with E-state index in [2.05, 4.69) is 20.2 Å². The van der Waals surface area contributed by atoms with Crippen molar-refractivity contribution in [3.05, 3.63) is 68.8 Å². The van der Waals surface area contributed by atoms with Crippen LogP contribution < -0.4 is 5.32 Å². The molecule has 0 radical (unpaired) electrons. The van der Waals surface area contributed by atoms with E-state index in [0.717, 1.165) is 30.5 Å². The molecule has 2 atom stereocenters. The van der Waals surface area contributed by atoms with Gasteiger partial charge in [-0.3, -0.25) is 20.0 Å². The lowest BCUT2D eigenvalue weighted by molar-refractivity contribution is -0.385. The molecule has 0 amide bonds. The highest BCUT2D eigenvalue weighted by molar-refractivity contribution is 7.17. The number of nitro groups is 1. The van der Waals surface area contributed by atoms with Gasteiger partial charge in [0.1, 0.15) is 5.01 Å². The van der Waals surface area contributed by atoms with E-state index in [0.29, 0.717) is 40.5 Å². The first-order valence-corrected chi connectivity index (χ1v) is 13.1. The highest BCUT2D eigenvalue weighted by Crippen LogP contribution is 2.35. The van der Waals surface area contributed by atoms with Gasteiger partial charge in [0.05, 0.1) is 29.7 Å². The number of aromatic nitrogens is 2. The molecule has 1 saturated heterocycles. The van der Waals surface area contributed by atoms with Crippen molar-refractivity contribution in [3.8, 4) is 10.6 Å². The van der Waals surface area contributed by atoms with Gasteiger partial charge in [-0.2, -0.15) is 0 Å². The average Bonchev–Trinajstić information content (AvgIpc) is 3.52. The molecule has 1 aliphatic heterocycles. The molecule has 196 valence electrons. The van der Waals surface area contributed by atoms with Crippen molar-refractivity contribution >= 4 is 28.8 Å². The van der Waals surface area contributed by atoms with Gasteiger partial charge in [0.15, 0.2) is 10.7 Å². The first-order chi connectivity index (χ1) is 17.9. The maximum absolute atomic E-state index is 12.7. The maximum atomic E-state index is 12.7. The summed E-state index contributed by atoms with van der Waals surface area (Å²) in [5, 5.41) is 15.9. The number of hydrogen-bond donors (Lipinski definition) is 1. The summed E-state index contributed by atoms with van der Waals surface area (Å²) < 4.78 is 10.6. The van der Waals surface area contributed by atoms with Gasteiger partial charge in [0, 0.05) is 43.7 Å². The molecule has 0 saturated carbocycles. The third-order valence-electron chi connectivity index (χ3n) is 6.37. The Balaban J connectivity index is 1.59. The fraction of sp³-hybridized carbons (Fsp3) is 0.423. The molecule has 0 bridgehead atoms. The van der Waals surface area contributed by atoms with Crippen molar-refractivity contribution in [2.75, 3.05) is 32.2 Å². The highest BCUT2D eigenvalue weighted by atomic mass is 32.1. The lowest BCUT2D eigenvalue weighted by Crippen LogP contribution is -2.32. The molecule has 1 aliphatic rings. The number of hydrogen-bond acceptors (Lipinski definition) is 10. The van der Waals surface area contributed by atoms with Gasteiger partial charge in [-0.05, 0) is 57.0 Å². The molecule has 10 nitrogen and oxygen atoms in total. The zero-order valence-electron chi connectivity index (χ0n) is 21.2. The minimum atomic E-state index is -0.490. The molecule has 4 rings (SSSR count). The predicted octanol–water partition coefficient (Wildman–Crippen LogP) is 5.07. The van der Waals surface area contributed by atoms with Gasteiger partial charge in [0.25, 0.3) is 5.69 Å². The molecule has 37 heavy (non-hydrogen) atoms. The van der Waals surface area contributed by atoms with Crippen molar-refractivity contribution in [2.24, 2.45) is 0 Å². The molecular weight excluding hydrogens is 494 g/mol. The summed E-state index contributed by atoms with van der Waals surface area (Å²) >= 11 is 1.21. The Kier molecular flexibility index (Phi) is 8.80. The molecule has 1 N–H and O–H groups in total. The van der Waals surface area contributed by atoms with E-state index in [4.69, 9.17) is 9.47 Å². The third-order valence-corrected chi connectivity index (χ3v) is 7.45. The Morgan fingerprint density at radius 1 is 1.32 bits per heavy atom. The quantitative estimate of drug-likeness (QED) is 0.208. The number of methoxy groups -OCH3 is 1. The van der Waals surface area contributed by atoms with Crippen molar-refractivity contribution in [1.82, 2.24) is 14.9 Å². The number of rotatable bonds is 11. The van der Waals surface area contributed by atoms with Crippen LogP contribution in [0.15, 0.2) is 42.7 Å². The molecule has 3 aromatic rings. The molecule has 0 aliphatic carbocycles. The van der Waals surface area contributed by atoms with Crippen molar-refractivity contribution in [2.45, 2.75) is 45.3 Å². The average molecular weight is 526 g/mol. The molecule has 3 heterocycles. The number of carbonyl (C=O) groups is 1. The third kappa shape index (κ3) is 6.30. The van der Waals surface area contributed by atoms with Crippen LogP contribution in [-0.4, -0.2) is 58.7 Å². The fourth-order valence-electron chi connectivity index (χ4n) is 4.58. The normalized spacial score (nSPS) is 16.5. The Bertz CT molecular complexity index is 1240. The van der Waals surface area contributed by atoms with E-state index >= 15 is 0 Å². The van der Waals surface area contributed by atoms with E-state index in [9.17, 15) is 14.9 Å². The number of thiazole rings is 1. The number of nitrogens with zero attached hydrogens (tertiary/aromatic N) is 4. The smallest absolute Gasteiger partial charge is 0.352 e. The second-order valence-corrected chi connectivity index (χ2v) is 9.89. The number of ether oxygens (including phenoxy) is 2. The van der Waals surface area contributed by atoms with Crippen LogP contribution in [0.3, 0.4) is 0 Å². The van der Waals surface area contributed by atoms with E-state index in [1.807, 2.05) is 25.1 Å². The second kappa shape index (κ2) is 12.2. The van der Waals surface area contributed by atoms with Gasteiger partial charge < -0.3 is 14.8 Å². The standard InChI is InChI=1S/C26H31N5O5S/c1-4-36-26(32)23-24(29-25(37-23)19-9-11-27-12-10-19)28-17(2)21-8-7-18(14-22(21)31(33)34)15-30-13-5-6-20(30)16-35-3/h7-12,14,17,20,28H,4-6,13,15-16H2,1-3H3/t17?,20-/m1/s1. The van der Waals surface area contributed by atoms with Gasteiger partial charge in [-0.15, -0.1) is 11.3 Å². The molecule has 2 aromatic heterocycles. The van der Waals surface area contributed by atoms with Crippen molar-refractivity contribution in [3.63, 3.8) is 0 Å².